The first-order chi connectivity index (χ1) is 14.0. The SMILES string of the molecule is Cc1cccc(C(=O)N(CC(=O)Nc2ccccc2)Cc2ccco2)c1[N+](=O)[O-]. The number of carbonyl (C=O) groups excluding carboxylic acids is 2. The van der Waals surface area contributed by atoms with Gasteiger partial charge in [-0.3, -0.25) is 19.7 Å². The number of nitrogens with one attached hydrogen (secondary N) is 1. The number of rotatable bonds is 7. The van der Waals surface area contributed by atoms with Gasteiger partial charge < -0.3 is 14.6 Å². The first-order valence-electron chi connectivity index (χ1n) is 8.86. The van der Waals surface area contributed by atoms with E-state index in [1.165, 1.54) is 17.2 Å². The first-order valence-corrected chi connectivity index (χ1v) is 8.86. The van der Waals surface area contributed by atoms with Crippen molar-refractivity contribution in [3.63, 3.8) is 0 Å². The van der Waals surface area contributed by atoms with Crippen LogP contribution in [0.2, 0.25) is 0 Å². The standard InChI is InChI=1S/C21H19N3O5/c1-15-7-5-11-18(20(15)24(27)28)21(26)23(13-17-10-6-12-29-17)14-19(25)22-16-8-3-2-4-9-16/h2-12H,13-14H2,1H3,(H,22,25). The molecule has 29 heavy (non-hydrogen) atoms. The van der Waals surface area contributed by atoms with E-state index in [1.54, 1.807) is 55.5 Å². The van der Waals surface area contributed by atoms with Crippen LogP contribution in [0.25, 0.3) is 0 Å². The van der Waals surface area contributed by atoms with Crippen molar-refractivity contribution in [2.24, 2.45) is 0 Å². The van der Waals surface area contributed by atoms with E-state index in [4.69, 9.17) is 4.42 Å². The molecule has 0 aliphatic rings. The maximum Gasteiger partial charge on any atom is 0.285 e. The van der Waals surface area contributed by atoms with Crippen molar-refractivity contribution in [2.75, 3.05) is 11.9 Å². The molecule has 0 aliphatic heterocycles. The molecule has 0 bridgehead atoms. The van der Waals surface area contributed by atoms with Crippen LogP contribution in [0, 0.1) is 17.0 Å². The van der Waals surface area contributed by atoms with Gasteiger partial charge in [-0.25, -0.2) is 0 Å². The second-order valence-electron chi connectivity index (χ2n) is 6.38. The van der Waals surface area contributed by atoms with E-state index < -0.39 is 16.7 Å². The van der Waals surface area contributed by atoms with Gasteiger partial charge in [0.2, 0.25) is 5.91 Å². The van der Waals surface area contributed by atoms with Crippen LogP contribution in [0.3, 0.4) is 0 Å². The number of anilines is 1. The maximum absolute atomic E-state index is 13.1. The Morgan fingerprint density at radius 1 is 1.07 bits per heavy atom. The van der Waals surface area contributed by atoms with Crippen molar-refractivity contribution in [1.29, 1.82) is 0 Å². The highest BCUT2D eigenvalue weighted by atomic mass is 16.6. The molecule has 0 aliphatic carbocycles. The summed E-state index contributed by atoms with van der Waals surface area (Å²) in [6, 6.07) is 16.7. The van der Waals surface area contributed by atoms with Crippen LogP contribution in [0.4, 0.5) is 11.4 Å². The Hall–Kier alpha value is -3.94. The zero-order valence-corrected chi connectivity index (χ0v) is 15.7. The van der Waals surface area contributed by atoms with Gasteiger partial charge >= 0.3 is 0 Å². The Labute approximate surface area is 166 Å². The summed E-state index contributed by atoms with van der Waals surface area (Å²) in [5.41, 5.74) is 0.608. The molecule has 0 fully saturated rings. The van der Waals surface area contributed by atoms with E-state index in [2.05, 4.69) is 5.32 Å². The molecule has 0 unspecified atom stereocenters. The van der Waals surface area contributed by atoms with E-state index >= 15 is 0 Å². The summed E-state index contributed by atoms with van der Waals surface area (Å²) in [6.07, 6.45) is 1.46. The average Bonchev–Trinajstić information content (AvgIpc) is 3.20. The smallest absolute Gasteiger partial charge is 0.285 e. The van der Waals surface area contributed by atoms with Crippen molar-refractivity contribution in [3.8, 4) is 0 Å². The minimum atomic E-state index is -0.625. The van der Waals surface area contributed by atoms with Gasteiger partial charge in [0, 0.05) is 11.3 Å². The fourth-order valence-corrected chi connectivity index (χ4v) is 2.93. The lowest BCUT2D eigenvalue weighted by Crippen LogP contribution is -2.37. The second-order valence-corrected chi connectivity index (χ2v) is 6.38. The largest absolute Gasteiger partial charge is 0.467 e. The van der Waals surface area contributed by atoms with Crippen molar-refractivity contribution in [3.05, 3.63) is 93.9 Å². The van der Waals surface area contributed by atoms with Crippen molar-refractivity contribution < 1.29 is 18.9 Å². The second kappa shape index (κ2) is 8.83. The van der Waals surface area contributed by atoms with Crippen molar-refractivity contribution >= 4 is 23.2 Å². The molecule has 0 atom stereocenters. The number of nitro benzene ring substituents is 1. The van der Waals surface area contributed by atoms with Gasteiger partial charge in [0.1, 0.15) is 17.9 Å². The quantitative estimate of drug-likeness (QED) is 0.486. The van der Waals surface area contributed by atoms with Crippen LogP contribution in [-0.2, 0) is 11.3 Å². The molecule has 1 aromatic heterocycles. The Balaban J connectivity index is 1.87. The Kier molecular flexibility index (Phi) is 6.03. The monoisotopic (exact) mass is 393 g/mol. The third-order valence-corrected chi connectivity index (χ3v) is 4.26. The zero-order valence-electron chi connectivity index (χ0n) is 15.7. The highest BCUT2D eigenvalue weighted by Gasteiger charge is 2.28. The van der Waals surface area contributed by atoms with Crippen molar-refractivity contribution in [1.82, 2.24) is 4.90 Å². The highest BCUT2D eigenvalue weighted by molar-refractivity contribution is 6.02. The number of aryl methyl sites for hydroxylation is 1. The average molecular weight is 393 g/mol. The number of hydrogen-bond acceptors (Lipinski definition) is 5. The summed E-state index contributed by atoms with van der Waals surface area (Å²) >= 11 is 0. The van der Waals surface area contributed by atoms with E-state index in [1.807, 2.05) is 6.07 Å². The van der Waals surface area contributed by atoms with E-state index in [0.717, 1.165) is 0 Å². The normalized spacial score (nSPS) is 10.4. The molecule has 2 aromatic carbocycles. The summed E-state index contributed by atoms with van der Waals surface area (Å²) in [7, 11) is 0. The fraction of sp³-hybridized carbons (Fsp3) is 0.143. The number of furan rings is 1. The van der Waals surface area contributed by atoms with Gasteiger partial charge in [0.05, 0.1) is 17.7 Å². The number of benzene rings is 2. The lowest BCUT2D eigenvalue weighted by Gasteiger charge is -2.21. The molecular weight excluding hydrogens is 374 g/mol. The molecule has 0 radical (unpaired) electrons. The van der Waals surface area contributed by atoms with E-state index in [9.17, 15) is 19.7 Å². The van der Waals surface area contributed by atoms with Gasteiger partial charge in [-0.05, 0) is 37.3 Å². The number of nitrogens with zero attached hydrogens (tertiary/aromatic N) is 2. The summed E-state index contributed by atoms with van der Waals surface area (Å²) in [6.45, 7) is 1.27. The summed E-state index contributed by atoms with van der Waals surface area (Å²) in [5, 5.41) is 14.2. The van der Waals surface area contributed by atoms with Crippen LogP contribution in [-0.4, -0.2) is 28.2 Å². The molecule has 2 amide bonds. The van der Waals surface area contributed by atoms with Gasteiger partial charge in [-0.2, -0.15) is 0 Å². The van der Waals surface area contributed by atoms with Crippen LogP contribution in [0.1, 0.15) is 21.7 Å². The third kappa shape index (κ3) is 4.86. The van der Waals surface area contributed by atoms with Crippen LogP contribution >= 0.6 is 0 Å². The molecule has 3 aromatic rings. The lowest BCUT2D eigenvalue weighted by molar-refractivity contribution is -0.385. The molecule has 8 heteroatoms. The van der Waals surface area contributed by atoms with Gasteiger partial charge in [0.15, 0.2) is 0 Å². The summed E-state index contributed by atoms with van der Waals surface area (Å²) in [5.74, 6) is -0.590. The maximum atomic E-state index is 13.1. The Bertz CT molecular complexity index is 1020. The van der Waals surface area contributed by atoms with Gasteiger partial charge in [-0.1, -0.05) is 30.3 Å². The molecule has 1 N–H and O–H groups in total. The molecule has 1 heterocycles. The molecule has 3 rings (SSSR count). The number of hydrogen-bond donors (Lipinski definition) is 1. The lowest BCUT2D eigenvalue weighted by atomic mass is 10.1. The predicted molar refractivity (Wildman–Crippen MR) is 106 cm³/mol. The fourth-order valence-electron chi connectivity index (χ4n) is 2.93. The third-order valence-electron chi connectivity index (χ3n) is 4.26. The van der Waals surface area contributed by atoms with Crippen LogP contribution in [0.5, 0.6) is 0 Å². The number of nitro groups is 1. The predicted octanol–water partition coefficient (Wildman–Crippen LogP) is 3.78. The Morgan fingerprint density at radius 3 is 2.48 bits per heavy atom. The molecule has 0 saturated heterocycles. The minimum Gasteiger partial charge on any atom is -0.467 e. The molecule has 8 nitrogen and oxygen atoms in total. The number of carbonyl (C=O) groups is 2. The molecular formula is C21H19N3O5. The number of amides is 2. The first kappa shape index (κ1) is 19.8. The van der Waals surface area contributed by atoms with E-state index in [0.29, 0.717) is 17.0 Å². The number of para-hydroxylation sites is 2. The van der Waals surface area contributed by atoms with Crippen LogP contribution < -0.4 is 5.32 Å². The van der Waals surface area contributed by atoms with Gasteiger partial charge in [-0.15, -0.1) is 0 Å². The van der Waals surface area contributed by atoms with E-state index in [-0.39, 0.29) is 24.3 Å². The molecule has 148 valence electrons. The summed E-state index contributed by atoms with van der Waals surface area (Å²) in [4.78, 5) is 37.8. The molecule has 0 spiro atoms. The zero-order chi connectivity index (χ0) is 20.8. The molecule has 0 saturated carbocycles. The summed E-state index contributed by atoms with van der Waals surface area (Å²) < 4.78 is 5.29. The topological polar surface area (TPSA) is 106 Å². The minimum absolute atomic E-state index is 0.000854. The Morgan fingerprint density at radius 2 is 1.83 bits per heavy atom. The van der Waals surface area contributed by atoms with Gasteiger partial charge in [0.25, 0.3) is 11.6 Å². The van der Waals surface area contributed by atoms with Crippen molar-refractivity contribution in [2.45, 2.75) is 13.5 Å². The van der Waals surface area contributed by atoms with Crippen LogP contribution in [0.15, 0.2) is 71.3 Å². The highest BCUT2D eigenvalue weighted by Crippen LogP contribution is 2.25.